The molecule has 6 nitrogen and oxygen atoms in total. The lowest BCUT2D eigenvalue weighted by atomic mass is 10.3. The summed E-state index contributed by atoms with van der Waals surface area (Å²) in [5.41, 5.74) is 2.24. The molecule has 0 saturated carbocycles. The van der Waals surface area contributed by atoms with Gasteiger partial charge in [-0.2, -0.15) is 0 Å². The van der Waals surface area contributed by atoms with Crippen molar-refractivity contribution in [2.45, 2.75) is 10.6 Å². The van der Waals surface area contributed by atoms with Crippen LogP contribution in [0.25, 0.3) is 0 Å². The van der Waals surface area contributed by atoms with Crippen LogP contribution in [0.2, 0.25) is 0 Å². The van der Waals surface area contributed by atoms with Gasteiger partial charge in [0.1, 0.15) is 0 Å². The Morgan fingerprint density at radius 2 is 1.59 bits per heavy atom. The Bertz CT molecular complexity index is 966. The zero-order valence-electron chi connectivity index (χ0n) is 15.9. The van der Waals surface area contributed by atoms with Crippen LogP contribution in [-0.2, 0) is 5.75 Å². The summed E-state index contributed by atoms with van der Waals surface area (Å²) in [5.74, 6) is 1.94. The minimum absolute atomic E-state index is 0.293. The molecule has 0 aliphatic rings. The van der Waals surface area contributed by atoms with Gasteiger partial charge in [0.05, 0.1) is 19.9 Å². The number of halogens is 1. The lowest BCUT2D eigenvalue weighted by Gasteiger charge is -2.11. The highest BCUT2D eigenvalue weighted by Crippen LogP contribution is 2.33. The number of hydrogen-bond acceptors (Lipinski definition) is 5. The van der Waals surface area contributed by atoms with E-state index in [1.807, 2.05) is 48.5 Å². The monoisotopic (exact) mass is 473 g/mol. The van der Waals surface area contributed by atoms with Crippen LogP contribution >= 0.6 is 27.7 Å². The van der Waals surface area contributed by atoms with Gasteiger partial charge in [0, 0.05) is 38.8 Å². The molecule has 2 amide bonds. The molecule has 0 atom stereocenters. The van der Waals surface area contributed by atoms with E-state index in [1.54, 1.807) is 38.2 Å². The maximum Gasteiger partial charge on any atom is 0.323 e. The fraction of sp³-hybridized carbons (Fsp3) is 0.143. The molecular formula is C21H20BrN3O3S. The molecule has 0 aliphatic carbocycles. The predicted octanol–water partition coefficient (Wildman–Crippen LogP) is 5.80. The maximum absolute atomic E-state index is 12.1. The van der Waals surface area contributed by atoms with E-state index in [4.69, 9.17) is 9.47 Å². The Morgan fingerprint density at radius 1 is 0.966 bits per heavy atom. The Hall–Kier alpha value is -2.71. The first-order chi connectivity index (χ1) is 14.1. The SMILES string of the molecule is COc1ccnc(CSc2ccc(NC(=O)Nc3ccc(Br)cc3)cc2)c1OC. The highest BCUT2D eigenvalue weighted by Gasteiger charge is 2.11. The second-order valence-electron chi connectivity index (χ2n) is 5.89. The number of methoxy groups -OCH3 is 2. The van der Waals surface area contributed by atoms with Crippen molar-refractivity contribution < 1.29 is 14.3 Å². The highest BCUT2D eigenvalue weighted by molar-refractivity contribution is 9.10. The number of nitrogens with one attached hydrogen (secondary N) is 2. The van der Waals surface area contributed by atoms with Crippen LogP contribution < -0.4 is 20.1 Å². The van der Waals surface area contributed by atoms with E-state index in [0.29, 0.717) is 22.9 Å². The van der Waals surface area contributed by atoms with Crippen molar-refractivity contribution in [3.63, 3.8) is 0 Å². The molecule has 0 fully saturated rings. The number of thioether (sulfide) groups is 1. The first-order valence-electron chi connectivity index (χ1n) is 8.71. The lowest BCUT2D eigenvalue weighted by Crippen LogP contribution is -2.19. The molecule has 0 saturated heterocycles. The second-order valence-corrected chi connectivity index (χ2v) is 7.86. The Labute approximate surface area is 182 Å². The molecule has 8 heteroatoms. The van der Waals surface area contributed by atoms with Gasteiger partial charge >= 0.3 is 6.03 Å². The van der Waals surface area contributed by atoms with Gasteiger partial charge in [0.25, 0.3) is 0 Å². The Balaban J connectivity index is 1.56. The summed E-state index contributed by atoms with van der Waals surface area (Å²) in [5, 5.41) is 5.61. The summed E-state index contributed by atoms with van der Waals surface area (Å²) in [6.07, 6.45) is 1.70. The molecule has 0 unspecified atom stereocenters. The fourth-order valence-corrected chi connectivity index (χ4v) is 3.67. The van der Waals surface area contributed by atoms with Crippen LogP contribution in [0, 0.1) is 0 Å². The van der Waals surface area contributed by atoms with Crippen molar-refractivity contribution in [2.75, 3.05) is 24.9 Å². The van der Waals surface area contributed by atoms with E-state index in [2.05, 4.69) is 31.5 Å². The molecule has 2 aromatic carbocycles. The second kappa shape index (κ2) is 10.2. The number of carbonyl (C=O) groups excluding carboxylic acids is 1. The van der Waals surface area contributed by atoms with Crippen LogP contribution in [0.15, 0.2) is 70.2 Å². The molecule has 1 aromatic heterocycles. The van der Waals surface area contributed by atoms with Gasteiger partial charge in [-0.1, -0.05) is 15.9 Å². The third kappa shape index (κ3) is 5.88. The van der Waals surface area contributed by atoms with Gasteiger partial charge in [-0.3, -0.25) is 4.98 Å². The first-order valence-corrected chi connectivity index (χ1v) is 10.5. The molecule has 0 aliphatic heterocycles. The van der Waals surface area contributed by atoms with Crippen molar-refractivity contribution in [3.05, 3.63) is 71.0 Å². The quantitative estimate of drug-likeness (QED) is 0.424. The molecule has 1 heterocycles. The van der Waals surface area contributed by atoms with E-state index in [1.165, 1.54) is 0 Å². The normalized spacial score (nSPS) is 10.3. The van der Waals surface area contributed by atoms with Gasteiger partial charge in [-0.15, -0.1) is 11.8 Å². The van der Waals surface area contributed by atoms with Gasteiger partial charge in [0.2, 0.25) is 0 Å². The van der Waals surface area contributed by atoms with Crippen LogP contribution in [-0.4, -0.2) is 25.2 Å². The van der Waals surface area contributed by atoms with Crippen LogP contribution in [0.5, 0.6) is 11.5 Å². The molecule has 2 N–H and O–H groups in total. The number of anilines is 2. The molecular weight excluding hydrogens is 454 g/mol. The Morgan fingerprint density at radius 3 is 2.17 bits per heavy atom. The molecule has 150 valence electrons. The third-order valence-electron chi connectivity index (χ3n) is 3.96. The first kappa shape index (κ1) is 21.0. The largest absolute Gasteiger partial charge is 0.493 e. The predicted molar refractivity (Wildman–Crippen MR) is 120 cm³/mol. The zero-order valence-corrected chi connectivity index (χ0v) is 18.3. The van der Waals surface area contributed by atoms with Crippen molar-refractivity contribution in [1.82, 2.24) is 4.98 Å². The van der Waals surface area contributed by atoms with Crippen LogP contribution in [0.3, 0.4) is 0 Å². The number of carbonyl (C=O) groups is 1. The minimum atomic E-state index is -0.293. The average Bonchev–Trinajstić information content (AvgIpc) is 2.74. The molecule has 0 radical (unpaired) electrons. The van der Waals surface area contributed by atoms with Crippen LogP contribution in [0.1, 0.15) is 5.69 Å². The van der Waals surface area contributed by atoms with E-state index >= 15 is 0 Å². The number of rotatable bonds is 7. The van der Waals surface area contributed by atoms with E-state index < -0.39 is 0 Å². The van der Waals surface area contributed by atoms with E-state index in [9.17, 15) is 4.79 Å². The number of amides is 2. The number of nitrogens with zero attached hydrogens (tertiary/aromatic N) is 1. The summed E-state index contributed by atoms with van der Waals surface area (Å²) in [7, 11) is 3.21. The van der Waals surface area contributed by atoms with E-state index in [0.717, 1.165) is 20.7 Å². The zero-order chi connectivity index (χ0) is 20.6. The number of benzene rings is 2. The highest BCUT2D eigenvalue weighted by atomic mass is 79.9. The average molecular weight is 474 g/mol. The maximum atomic E-state index is 12.1. The summed E-state index contributed by atoms with van der Waals surface area (Å²) >= 11 is 4.99. The number of ether oxygens (including phenoxy) is 2. The molecule has 0 bridgehead atoms. The number of aromatic nitrogens is 1. The smallest absolute Gasteiger partial charge is 0.323 e. The van der Waals surface area contributed by atoms with E-state index in [-0.39, 0.29) is 6.03 Å². The fourth-order valence-electron chi connectivity index (χ4n) is 2.57. The molecule has 29 heavy (non-hydrogen) atoms. The summed E-state index contributed by atoms with van der Waals surface area (Å²) in [6.45, 7) is 0. The lowest BCUT2D eigenvalue weighted by molar-refractivity contribution is 0.262. The number of pyridine rings is 1. The molecule has 3 rings (SSSR count). The minimum Gasteiger partial charge on any atom is -0.493 e. The van der Waals surface area contributed by atoms with Crippen molar-refractivity contribution in [1.29, 1.82) is 0 Å². The van der Waals surface area contributed by atoms with Gasteiger partial charge in [0.15, 0.2) is 11.5 Å². The van der Waals surface area contributed by atoms with Gasteiger partial charge in [-0.25, -0.2) is 4.79 Å². The topological polar surface area (TPSA) is 72.5 Å². The third-order valence-corrected chi connectivity index (χ3v) is 5.51. The summed E-state index contributed by atoms with van der Waals surface area (Å²) < 4.78 is 11.7. The van der Waals surface area contributed by atoms with Gasteiger partial charge < -0.3 is 20.1 Å². The number of hydrogen-bond donors (Lipinski definition) is 2. The van der Waals surface area contributed by atoms with Gasteiger partial charge in [-0.05, 0) is 48.5 Å². The van der Waals surface area contributed by atoms with Crippen molar-refractivity contribution >= 4 is 45.1 Å². The summed E-state index contributed by atoms with van der Waals surface area (Å²) in [6, 6.07) is 16.5. The summed E-state index contributed by atoms with van der Waals surface area (Å²) in [4.78, 5) is 17.6. The standard InChI is InChI=1S/C21H20BrN3O3S/c1-27-19-11-12-23-18(20(19)28-2)13-29-17-9-7-16(8-10-17)25-21(26)24-15-5-3-14(22)4-6-15/h3-12H,13H2,1-2H3,(H2,24,25,26). The molecule has 3 aromatic rings. The van der Waals surface area contributed by atoms with Crippen LogP contribution in [0.4, 0.5) is 16.2 Å². The Kier molecular flexibility index (Phi) is 7.37. The molecule has 0 spiro atoms. The van der Waals surface area contributed by atoms with Crippen molar-refractivity contribution in [3.8, 4) is 11.5 Å². The van der Waals surface area contributed by atoms with Crippen molar-refractivity contribution in [2.24, 2.45) is 0 Å². The number of urea groups is 1.